The normalized spacial score (nSPS) is 20.2. The van der Waals surface area contributed by atoms with E-state index in [1.807, 2.05) is 0 Å². The van der Waals surface area contributed by atoms with E-state index in [-0.39, 0.29) is 0 Å². The molecular weight excluding hydrogens is 200 g/mol. The van der Waals surface area contributed by atoms with E-state index in [9.17, 15) is 0 Å². The van der Waals surface area contributed by atoms with Gasteiger partial charge >= 0.3 is 0 Å². The minimum absolute atomic E-state index is 0.441. The fourth-order valence-corrected chi connectivity index (χ4v) is 2.08. The Morgan fingerprint density at radius 2 is 1.88 bits per heavy atom. The quantitative estimate of drug-likeness (QED) is 0.333. The first kappa shape index (κ1) is 13.3. The van der Waals surface area contributed by atoms with Crippen LogP contribution in [0, 0.1) is 5.92 Å². The second-order valence-corrected chi connectivity index (χ2v) is 5.13. The molecule has 0 aliphatic heterocycles. The number of aliphatic imine (C=N–C) groups is 1. The molecule has 1 unspecified atom stereocenters. The Morgan fingerprint density at radius 3 is 2.31 bits per heavy atom. The Balaban J connectivity index is 2.64. The van der Waals surface area contributed by atoms with Gasteiger partial charge < -0.3 is 4.90 Å². The van der Waals surface area contributed by atoms with Crippen LogP contribution in [0.3, 0.4) is 0 Å². The van der Waals surface area contributed by atoms with Crippen LogP contribution in [0.4, 0.5) is 0 Å². The lowest BCUT2D eigenvalue weighted by atomic mass is 10.1. The van der Waals surface area contributed by atoms with Gasteiger partial charge in [0.1, 0.15) is 0 Å². The van der Waals surface area contributed by atoms with Crippen LogP contribution in [-0.4, -0.2) is 30.0 Å². The van der Waals surface area contributed by atoms with E-state index in [4.69, 9.17) is 10.8 Å². The molecule has 1 saturated carbocycles. The fraction of sp³-hybridized carbons (Fsp3) is 0.917. The lowest BCUT2D eigenvalue weighted by Crippen LogP contribution is -2.48. The zero-order valence-electron chi connectivity index (χ0n) is 11.0. The molecule has 0 spiro atoms. The average Bonchev–Trinajstić information content (AvgIpc) is 2.76. The van der Waals surface area contributed by atoms with Crippen molar-refractivity contribution >= 4 is 5.96 Å². The highest BCUT2D eigenvalue weighted by atomic mass is 15.4. The van der Waals surface area contributed by atoms with Gasteiger partial charge in [0.15, 0.2) is 0 Å². The minimum Gasteiger partial charge on any atom is -0.342 e. The molecule has 94 valence electrons. The Morgan fingerprint density at radius 1 is 1.31 bits per heavy atom. The van der Waals surface area contributed by atoms with Crippen LogP contribution >= 0.6 is 0 Å². The van der Waals surface area contributed by atoms with Crippen LogP contribution in [0.1, 0.15) is 46.5 Å². The molecule has 0 aromatic heterocycles. The van der Waals surface area contributed by atoms with E-state index in [0.717, 1.165) is 5.96 Å². The zero-order chi connectivity index (χ0) is 12.1. The van der Waals surface area contributed by atoms with Crippen molar-refractivity contribution in [2.45, 2.75) is 58.5 Å². The highest BCUT2D eigenvalue weighted by molar-refractivity contribution is 5.79. The molecule has 0 aromatic carbocycles. The first-order valence-corrected chi connectivity index (χ1v) is 6.33. The average molecular weight is 226 g/mol. The van der Waals surface area contributed by atoms with Crippen molar-refractivity contribution in [3.63, 3.8) is 0 Å². The van der Waals surface area contributed by atoms with Crippen molar-refractivity contribution in [2.24, 2.45) is 16.8 Å². The minimum atomic E-state index is 0.441. The molecule has 1 fully saturated rings. The molecule has 1 aliphatic rings. The summed E-state index contributed by atoms with van der Waals surface area (Å²) in [7, 11) is 2.05. The number of nitrogens with zero attached hydrogens (tertiary/aromatic N) is 2. The maximum absolute atomic E-state index is 5.57. The Labute approximate surface area is 99.3 Å². The summed E-state index contributed by atoms with van der Waals surface area (Å²) >= 11 is 0. The van der Waals surface area contributed by atoms with Crippen molar-refractivity contribution in [1.82, 2.24) is 10.3 Å². The number of hydrogen-bond donors (Lipinski definition) is 2. The first-order valence-electron chi connectivity index (χ1n) is 6.33. The third-order valence-corrected chi connectivity index (χ3v) is 3.67. The third kappa shape index (κ3) is 3.37. The SMILES string of the molecule is CC(C)C(C)N(C)C(=NC1CCCC1)NN. The highest BCUT2D eigenvalue weighted by Crippen LogP contribution is 2.21. The number of hydrogen-bond acceptors (Lipinski definition) is 2. The molecule has 0 bridgehead atoms. The summed E-state index contributed by atoms with van der Waals surface area (Å²) in [5.41, 5.74) is 2.74. The zero-order valence-corrected chi connectivity index (χ0v) is 11.0. The molecule has 0 amide bonds. The number of guanidine groups is 1. The highest BCUT2D eigenvalue weighted by Gasteiger charge is 2.19. The summed E-state index contributed by atoms with van der Waals surface area (Å²) in [6.45, 7) is 6.63. The van der Waals surface area contributed by atoms with Crippen molar-refractivity contribution in [2.75, 3.05) is 7.05 Å². The standard InChI is InChI=1S/C12H26N4/c1-9(2)10(3)16(4)12(15-13)14-11-7-5-6-8-11/h9-11H,5-8,13H2,1-4H3,(H,14,15). The number of rotatable bonds is 3. The van der Waals surface area contributed by atoms with Gasteiger partial charge in [-0.25, -0.2) is 10.8 Å². The van der Waals surface area contributed by atoms with Crippen LogP contribution in [0.25, 0.3) is 0 Å². The molecule has 0 aromatic rings. The van der Waals surface area contributed by atoms with Crippen LogP contribution in [0.5, 0.6) is 0 Å². The van der Waals surface area contributed by atoms with E-state index < -0.39 is 0 Å². The van der Waals surface area contributed by atoms with Gasteiger partial charge in [-0.3, -0.25) is 5.43 Å². The molecule has 4 nitrogen and oxygen atoms in total. The number of nitrogens with two attached hydrogens (primary N) is 1. The van der Waals surface area contributed by atoms with Crippen molar-refractivity contribution < 1.29 is 0 Å². The second kappa shape index (κ2) is 6.09. The molecule has 0 radical (unpaired) electrons. The Bertz CT molecular complexity index is 231. The van der Waals surface area contributed by atoms with E-state index in [1.54, 1.807) is 0 Å². The van der Waals surface area contributed by atoms with Crippen molar-refractivity contribution in [3.8, 4) is 0 Å². The van der Waals surface area contributed by atoms with Gasteiger partial charge in [0, 0.05) is 13.1 Å². The Hall–Kier alpha value is -0.770. The molecule has 0 heterocycles. The van der Waals surface area contributed by atoms with Gasteiger partial charge in [-0.15, -0.1) is 0 Å². The molecule has 1 atom stereocenters. The molecule has 1 rings (SSSR count). The molecule has 16 heavy (non-hydrogen) atoms. The predicted octanol–water partition coefficient (Wildman–Crippen LogP) is 1.72. The van der Waals surface area contributed by atoms with E-state index in [0.29, 0.717) is 18.0 Å². The maximum atomic E-state index is 5.57. The molecule has 0 saturated heterocycles. The Kier molecular flexibility index (Phi) is 5.06. The topological polar surface area (TPSA) is 53.6 Å². The smallest absolute Gasteiger partial charge is 0.208 e. The first-order chi connectivity index (χ1) is 7.56. The van der Waals surface area contributed by atoms with E-state index >= 15 is 0 Å². The molecule has 3 N–H and O–H groups in total. The monoisotopic (exact) mass is 226 g/mol. The van der Waals surface area contributed by atoms with Gasteiger partial charge in [0.05, 0.1) is 6.04 Å². The summed E-state index contributed by atoms with van der Waals surface area (Å²) in [5, 5.41) is 0. The molecular formula is C12H26N4. The van der Waals surface area contributed by atoms with E-state index in [1.165, 1.54) is 25.7 Å². The largest absolute Gasteiger partial charge is 0.342 e. The van der Waals surface area contributed by atoms with Crippen LogP contribution in [0.15, 0.2) is 4.99 Å². The number of nitrogens with one attached hydrogen (secondary N) is 1. The molecule has 1 aliphatic carbocycles. The van der Waals surface area contributed by atoms with Gasteiger partial charge in [-0.05, 0) is 25.7 Å². The van der Waals surface area contributed by atoms with Gasteiger partial charge in [-0.2, -0.15) is 0 Å². The summed E-state index contributed by atoms with van der Waals surface area (Å²) in [6, 6.07) is 0.907. The lowest BCUT2D eigenvalue weighted by molar-refractivity contribution is 0.299. The maximum Gasteiger partial charge on any atom is 0.208 e. The fourth-order valence-electron chi connectivity index (χ4n) is 2.08. The second-order valence-electron chi connectivity index (χ2n) is 5.13. The van der Waals surface area contributed by atoms with Crippen LogP contribution in [-0.2, 0) is 0 Å². The lowest BCUT2D eigenvalue weighted by Gasteiger charge is -2.30. The third-order valence-electron chi connectivity index (χ3n) is 3.67. The van der Waals surface area contributed by atoms with Crippen molar-refractivity contribution in [1.29, 1.82) is 0 Å². The number of hydrazine groups is 1. The van der Waals surface area contributed by atoms with E-state index in [2.05, 4.69) is 38.1 Å². The van der Waals surface area contributed by atoms with Gasteiger partial charge in [0.2, 0.25) is 5.96 Å². The van der Waals surface area contributed by atoms with Crippen LogP contribution in [0.2, 0.25) is 0 Å². The van der Waals surface area contributed by atoms with Crippen molar-refractivity contribution in [3.05, 3.63) is 0 Å². The summed E-state index contributed by atoms with van der Waals surface area (Å²) in [6.07, 6.45) is 5.01. The predicted molar refractivity (Wildman–Crippen MR) is 69.1 cm³/mol. The van der Waals surface area contributed by atoms with Gasteiger partial charge in [-0.1, -0.05) is 26.7 Å². The van der Waals surface area contributed by atoms with Crippen LogP contribution < -0.4 is 11.3 Å². The summed E-state index contributed by atoms with van der Waals surface area (Å²) in [5.74, 6) is 6.98. The summed E-state index contributed by atoms with van der Waals surface area (Å²) < 4.78 is 0. The van der Waals surface area contributed by atoms with Gasteiger partial charge in [0.25, 0.3) is 0 Å². The molecule has 4 heteroatoms. The summed E-state index contributed by atoms with van der Waals surface area (Å²) in [4.78, 5) is 6.85.